The van der Waals surface area contributed by atoms with E-state index >= 15 is 0 Å². The van der Waals surface area contributed by atoms with Crippen LogP contribution in [0.15, 0.2) is 72.8 Å². The van der Waals surface area contributed by atoms with Crippen LogP contribution in [0.25, 0.3) is 16.5 Å². The largest absolute Gasteiger partial charge is 0.213 e. The van der Waals surface area contributed by atoms with E-state index < -0.39 is 0 Å². The van der Waals surface area contributed by atoms with Gasteiger partial charge in [0.1, 0.15) is 0 Å². The number of fused-ring (bicyclic) bond motifs is 1. The maximum Gasteiger partial charge on any atom is 0.213 e. The van der Waals surface area contributed by atoms with Crippen molar-refractivity contribution in [2.24, 2.45) is 0 Å². The van der Waals surface area contributed by atoms with Gasteiger partial charge in [0.05, 0.1) is 0 Å². The minimum atomic E-state index is 0.925. The molecule has 0 bridgehead atoms. The van der Waals surface area contributed by atoms with E-state index in [1.807, 2.05) is 0 Å². The molecule has 0 saturated heterocycles. The number of aromatic nitrogens is 1. The molecule has 0 atom stereocenters. The first kappa shape index (κ1) is 14.2. The summed E-state index contributed by atoms with van der Waals surface area (Å²) in [7, 11) is 0. The van der Waals surface area contributed by atoms with Crippen LogP contribution in [0.5, 0.6) is 0 Å². The lowest BCUT2D eigenvalue weighted by atomic mass is 9.96. The zero-order valence-electron chi connectivity index (χ0n) is 13.4. The summed E-state index contributed by atoms with van der Waals surface area (Å²) < 4.78 is 2.49. The standard InChI is InChI=1S/C22H22N/c1-3-9-18(10-4-1)17-23-21-14-8-7-13-20(21)15-16-22(23)19-11-5-2-6-12-19/h1,3-4,7-11,13-16H,2,5-6,12,17H2/q+1. The molecule has 23 heavy (non-hydrogen) atoms. The Balaban J connectivity index is 1.88. The van der Waals surface area contributed by atoms with Gasteiger partial charge in [-0.15, -0.1) is 0 Å². The van der Waals surface area contributed by atoms with Gasteiger partial charge in [-0.2, -0.15) is 4.57 Å². The molecule has 1 aromatic heterocycles. The number of rotatable bonds is 3. The van der Waals surface area contributed by atoms with Crippen molar-refractivity contribution in [3.63, 3.8) is 0 Å². The average molecular weight is 300 g/mol. The molecule has 2 aromatic carbocycles. The highest BCUT2D eigenvalue weighted by molar-refractivity contribution is 5.77. The first-order chi connectivity index (χ1) is 11.4. The molecule has 1 heteroatoms. The van der Waals surface area contributed by atoms with Crippen LogP contribution in [-0.2, 0) is 6.54 Å². The average Bonchev–Trinajstić information content (AvgIpc) is 2.64. The topological polar surface area (TPSA) is 3.88 Å². The molecular formula is C22H22N+. The Bertz CT molecular complexity index is 846. The SMILES string of the molecule is C1=C(c2ccc3ccccc3[n+]2Cc2ccccc2)CCCC1. The van der Waals surface area contributed by atoms with Gasteiger partial charge in [0.15, 0.2) is 6.54 Å². The number of allylic oxidation sites excluding steroid dienone is 2. The Morgan fingerprint density at radius 3 is 2.43 bits per heavy atom. The number of para-hydroxylation sites is 1. The van der Waals surface area contributed by atoms with Crippen LogP contribution in [0.1, 0.15) is 36.9 Å². The summed E-state index contributed by atoms with van der Waals surface area (Å²) in [5.41, 5.74) is 5.57. The van der Waals surface area contributed by atoms with Gasteiger partial charge in [0.25, 0.3) is 0 Å². The van der Waals surface area contributed by atoms with E-state index in [1.165, 1.54) is 53.4 Å². The molecule has 0 spiro atoms. The normalized spacial score (nSPS) is 14.7. The summed E-state index contributed by atoms with van der Waals surface area (Å²) in [6.07, 6.45) is 7.50. The molecule has 0 radical (unpaired) electrons. The lowest BCUT2D eigenvalue weighted by Gasteiger charge is -2.13. The quantitative estimate of drug-likeness (QED) is 0.590. The van der Waals surface area contributed by atoms with E-state index in [0.717, 1.165) is 6.54 Å². The van der Waals surface area contributed by atoms with E-state index in [0.29, 0.717) is 0 Å². The van der Waals surface area contributed by atoms with Crippen LogP contribution in [0, 0.1) is 0 Å². The summed E-state index contributed by atoms with van der Waals surface area (Å²) in [6, 6.07) is 24.0. The molecule has 0 aliphatic heterocycles. The Labute approximate surface area is 137 Å². The smallest absolute Gasteiger partial charge is 0.187 e. The molecule has 0 amide bonds. The lowest BCUT2D eigenvalue weighted by molar-refractivity contribution is -0.664. The van der Waals surface area contributed by atoms with E-state index in [-0.39, 0.29) is 0 Å². The van der Waals surface area contributed by atoms with Crippen molar-refractivity contribution in [3.8, 4) is 0 Å². The van der Waals surface area contributed by atoms with Crippen molar-refractivity contribution in [1.82, 2.24) is 0 Å². The number of pyridine rings is 1. The van der Waals surface area contributed by atoms with Crippen LogP contribution in [0.2, 0.25) is 0 Å². The van der Waals surface area contributed by atoms with Crippen LogP contribution < -0.4 is 4.57 Å². The van der Waals surface area contributed by atoms with Crippen LogP contribution >= 0.6 is 0 Å². The van der Waals surface area contributed by atoms with Crippen molar-refractivity contribution in [1.29, 1.82) is 0 Å². The summed E-state index contributed by atoms with van der Waals surface area (Å²) in [5, 5.41) is 1.31. The molecule has 1 aliphatic carbocycles. The zero-order chi connectivity index (χ0) is 15.5. The van der Waals surface area contributed by atoms with Gasteiger partial charge < -0.3 is 0 Å². The zero-order valence-corrected chi connectivity index (χ0v) is 13.4. The van der Waals surface area contributed by atoms with Crippen LogP contribution in [0.3, 0.4) is 0 Å². The van der Waals surface area contributed by atoms with Crippen LogP contribution in [0.4, 0.5) is 0 Å². The molecule has 0 N–H and O–H groups in total. The molecular weight excluding hydrogens is 278 g/mol. The van der Waals surface area contributed by atoms with Crippen molar-refractivity contribution in [3.05, 3.63) is 84.1 Å². The molecule has 0 fully saturated rings. The first-order valence-electron chi connectivity index (χ1n) is 8.57. The molecule has 1 aliphatic rings. The van der Waals surface area contributed by atoms with Crippen LogP contribution in [-0.4, -0.2) is 0 Å². The maximum atomic E-state index is 2.49. The molecule has 1 heterocycles. The minimum Gasteiger partial charge on any atom is -0.187 e. The van der Waals surface area contributed by atoms with Gasteiger partial charge in [0.2, 0.25) is 11.2 Å². The Morgan fingerprint density at radius 2 is 1.61 bits per heavy atom. The van der Waals surface area contributed by atoms with Crippen molar-refractivity contribution < 1.29 is 4.57 Å². The number of hydrogen-bond acceptors (Lipinski definition) is 0. The van der Waals surface area contributed by atoms with E-state index in [2.05, 4.69) is 77.4 Å². The molecule has 1 nitrogen and oxygen atoms in total. The fraction of sp³-hybridized carbons (Fsp3) is 0.227. The second kappa shape index (κ2) is 6.37. The summed E-state index contributed by atoms with van der Waals surface area (Å²) in [5.74, 6) is 0. The summed E-state index contributed by atoms with van der Waals surface area (Å²) in [6.45, 7) is 0.925. The van der Waals surface area contributed by atoms with E-state index in [4.69, 9.17) is 0 Å². The highest BCUT2D eigenvalue weighted by Crippen LogP contribution is 2.26. The number of hydrogen-bond donors (Lipinski definition) is 0. The second-order valence-corrected chi connectivity index (χ2v) is 6.32. The van der Waals surface area contributed by atoms with Gasteiger partial charge in [-0.05, 0) is 37.8 Å². The summed E-state index contributed by atoms with van der Waals surface area (Å²) >= 11 is 0. The van der Waals surface area contributed by atoms with Crippen molar-refractivity contribution in [2.45, 2.75) is 32.2 Å². The first-order valence-corrected chi connectivity index (χ1v) is 8.57. The minimum absolute atomic E-state index is 0.925. The van der Waals surface area contributed by atoms with Gasteiger partial charge in [-0.3, -0.25) is 0 Å². The third-order valence-electron chi connectivity index (χ3n) is 4.74. The number of nitrogens with zero attached hydrogens (tertiary/aromatic N) is 1. The third-order valence-corrected chi connectivity index (χ3v) is 4.74. The fourth-order valence-electron chi connectivity index (χ4n) is 3.55. The maximum absolute atomic E-state index is 2.49. The predicted molar refractivity (Wildman–Crippen MR) is 96.1 cm³/mol. The van der Waals surface area contributed by atoms with Crippen molar-refractivity contribution >= 4 is 16.5 Å². The monoisotopic (exact) mass is 300 g/mol. The third kappa shape index (κ3) is 2.92. The highest BCUT2D eigenvalue weighted by Gasteiger charge is 2.20. The van der Waals surface area contributed by atoms with Gasteiger partial charge in [0, 0.05) is 28.7 Å². The lowest BCUT2D eigenvalue weighted by Crippen LogP contribution is -2.39. The Kier molecular flexibility index (Phi) is 3.94. The van der Waals surface area contributed by atoms with E-state index in [9.17, 15) is 0 Å². The van der Waals surface area contributed by atoms with Crippen molar-refractivity contribution in [2.75, 3.05) is 0 Å². The van der Waals surface area contributed by atoms with E-state index in [1.54, 1.807) is 0 Å². The molecule has 114 valence electrons. The summed E-state index contributed by atoms with van der Waals surface area (Å²) in [4.78, 5) is 0. The molecule has 0 unspecified atom stereocenters. The fourth-order valence-corrected chi connectivity index (χ4v) is 3.55. The highest BCUT2D eigenvalue weighted by atomic mass is 15.0. The Hall–Kier alpha value is -2.41. The molecule has 4 rings (SSSR count). The Morgan fingerprint density at radius 1 is 0.783 bits per heavy atom. The van der Waals surface area contributed by atoms with Gasteiger partial charge in [-0.1, -0.05) is 48.5 Å². The van der Waals surface area contributed by atoms with Gasteiger partial charge in [-0.25, -0.2) is 0 Å². The number of benzene rings is 2. The molecule has 3 aromatic rings. The van der Waals surface area contributed by atoms with Gasteiger partial charge >= 0.3 is 0 Å². The predicted octanol–water partition coefficient (Wildman–Crippen LogP) is 5.13. The second-order valence-electron chi connectivity index (χ2n) is 6.32. The molecule has 0 saturated carbocycles.